The molecule has 0 bridgehead atoms. The summed E-state index contributed by atoms with van der Waals surface area (Å²) in [5.74, 6) is 1.14. The minimum absolute atomic E-state index is 0.133. The predicted molar refractivity (Wildman–Crippen MR) is 114 cm³/mol. The first-order chi connectivity index (χ1) is 13.2. The van der Waals surface area contributed by atoms with Crippen LogP contribution in [0, 0.1) is 0 Å². The Labute approximate surface area is 164 Å². The normalized spacial score (nSPS) is 21.4. The number of likely N-dealkylation sites (tertiary alicyclic amines) is 1. The molecule has 0 atom stereocenters. The molecule has 1 amide bonds. The van der Waals surface area contributed by atoms with Gasteiger partial charge in [-0.3, -0.25) is 14.7 Å². The van der Waals surface area contributed by atoms with Crippen LogP contribution < -0.4 is 4.90 Å². The second-order valence-electron chi connectivity index (χ2n) is 7.47. The molecule has 0 N–H and O–H groups in total. The van der Waals surface area contributed by atoms with Gasteiger partial charge in [0, 0.05) is 37.3 Å². The SMILES string of the molecule is CCN1C(=O)/C(=C\c2ccc(N(CC)CC)cc2)CCC1=NC1CCCC1. The molecule has 2 aliphatic rings. The zero-order chi connectivity index (χ0) is 19.2. The summed E-state index contributed by atoms with van der Waals surface area (Å²) in [6.07, 6.45) is 8.63. The van der Waals surface area contributed by atoms with E-state index >= 15 is 0 Å². The Bertz CT molecular complexity index is 695. The molecule has 1 aromatic carbocycles. The molecule has 146 valence electrons. The summed E-state index contributed by atoms with van der Waals surface area (Å²) in [7, 11) is 0. The molecule has 3 rings (SSSR count). The van der Waals surface area contributed by atoms with E-state index in [0.717, 1.165) is 42.9 Å². The van der Waals surface area contributed by atoms with Crippen molar-refractivity contribution in [2.45, 2.75) is 65.3 Å². The molecule has 4 heteroatoms. The van der Waals surface area contributed by atoms with Crippen LogP contribution in [-0.2, 0) is 4.79 Å². The monoisotopic (exact) mass is 367 g/mol. The van der Waals surface area contributed by atoms with Crippen molar-refractivity contribution in [3.05, 3.63) is 35.4 Å². The summed E-state index contributed by atoms with van der Waals surface area (Å²) in [6, 6.07) is 8.97. The third-order valence-electron chi connectivity index (χ3n) is 5.78. The first kappa shape index (κ1) is 19.7. The highest BCUT2D eigenvalue weighted by molar-refractivity contribution is 6.11. The molecule has 27 heavy (non-hydrogen) atoms. The van der Waals surface area contributed by atoms with Gasteiger partial charge in [0.25, 0.3) is 5.91 Å². The van der Waals surface area contributed by atoms with Crippen LogP contribution in [0.3, 0.4) is 0 Å². The number of aliphatic imine (C=N–C) groups is 1. The van der Waals surface area contributed by atoms with Gasteiger partial charge in [-0.25, -0.2) is 0 Å². The molecule has 0 unspecified atom stereocenters. The molecule has 1 aliphatic heterocycles. The van der Waals surface area contributed by atoms with Crippen LogP contribution in [0.2, 0.25) is 0 Å². The maximum absolute atomic E-state index is 13.0. The Balaban J connectivity index is 1.74. The Kier molecular flexibility index (Phi) is 6.70. The molecule has 1 saturated heterocycles. The number of piperidine rings is 1. The van der Waals surface area contributed by atoms with Crippen LogP contribution in [0.4, 0.5) is 5.69 Å². The van der Waals surface area contributed by atoms with Crippen LogP contribution in [0.25, 0.3) is 6.08 Å². The number of amides is 1. The van der Waals surface area contributed by atoms with E-state index < -0.39 is 0 Å². The largest absolute Gasteiger partial charge is 0.372 e. The Morgan fingerprint density at radius 2 is 1.74 bits per heavy atom. The number of likely N-dealkylation sites (N-methyl/N-ethyl adjacent to an activating group) is 1. The summed E-state index contributed by atoms with van der Waals surface area (Å²) in [5.41, 5.74) is 3.23. The summed E-state index contributed by atoms with van der Waals surface area (Å²) < 4.78 is 0. The van der Waals surface area contributed by atoms with E-state index in [2.05, 4.69) is 49.1 Å². The van der Waals surface area contributed by atoms with Crippen molar-refractivity contribution in [3.63, 3.8) is 0 Å². The highest BCUT2D eigenvalue weighted by Crippen LogP contribution is 2.26. The zero-order valence-electron chi connectivity index (χ0n) is 17.1. The average molecular weight is 368 g/mol. The smallest absolute Gasteiger partial charge is 0.255 e. The van der Waals surface area contributed by atoms with Gasteiger partial charge in [0.2, 0.25) is 0 Å². The number of benzene rings is 1. The van der Waals surface area contributed by atoms with Crippen molar-refractivity contribution in [3.8, 4) is 0 Å². The second-order valence-corrected chi connectivity index (χ2v) is 7.47. The van der Waals surface area contributed by atoms with Crippen LogP contribution >= 0.6 is 0 Å². The van der Waals surface area contributed by atoms with E-state index in [0.29, 0.717) is 12.6 Å². The van der Waals surface area contributed by atoms with Gasteiger partial charge in [-0.05, 0) is 63.8 Å². The Morgan fingerprint density at radius 1 is 1.07 bits per heavy atom. The lowest BCUT2D eigenvalue weighted by Crippen LogP contribution is -2.41. The summed E-state index contributed by atoms with van der Waals surface area (Å²) in [6.45, 7) is 9.09. The summed E-state index contributed by atoms with van der Waals surface area (Å²) in [5, 5.41) is 0. The third-order valence-corrected chi connectivity index (χ3v) is 5.78. The molecule has 1 aliphatic carbocycles. The molecule has 0 aromatic heterocycles. The Hall–Kier alpha value is -2.10. The Morgan fingerprint density at radius 3 is 2.33 bits per heavy atom. The van der Waals surface area contributed by atoms with Gasteiger partial charge in [-0.1, -0.05) is 25.0 Å². The summed E-state index contributed by atoms with van der Waals surface area (Å²) >= 11 is 0. The minimum atomic E-state index is 0.133. The number of hydrogen-bond acceptors (Lipinski definition) is 3. The number of carbonyl (C=O) groups is 1. The molecule has 0 radical (unpaired) electrons. The molecule has 1 aromatic rings. The number of nitrogens with zero attached hydrogens (tertiary/aromatic N) is 3. The fourth-order valence-corrected chi connectivity index (χ4v) is 4.19. The number of carbonyl (C=O) groups excluding carboxylic acids is 1. The second kappa shape index (κ2) is 9.20. The number of anilines is 1. The van der Waals surface area contributed by atoms with E-state index in [4.69, 9.17) is 4.99 Å². The molecule has 1 heterocycles. The van der Waals surface area contributed by atoms with Gasteiger partial charge in [0.1, 0.15) is 5.84 Å². The van der Waals surface area contributed by atoms with E-state index in [9.17, 15) is 4.79 Å². The van der Waals surface area contributed by atoms with Gasteiger partial charge in [-0.15, -0.1) is 0 Å². The van der Waals surface area contributed by atoms with E-state index in [1.807, 2.05) is 11.8 Å². The number of amidine groups is 1. The van der Waals surface area contributed by atoms with Crippen molar-refractivity contribution in [1.29, 1.82) is 0 Å². The first-order valence-electron chi connectivity index (χ1n) is 10.6. The fraction of sp³-hybridized carbons (Fsp3) is 0.565. The quantitative estimate of drug-likeness (QED) is 0.671. The molecule has 2 fully saturated rings. The lowest BCUT2D eigenvalue weighted by atomic mass is 9.99. The highest BCUT2D eigenvalue weighted by atomic mass is 16.2. The van der Waals surface area contributed by atoms with Crippen LogP contribution in [0.1, 0.15) is 64.9 Å². The number of hydrogen-bond donors (Lipinski definition) is 0. The molecule has 1 saturated carbocycles. The zero-order valence-corrected chi connectivity index (χ0v) is 17.1. The third kappa shape index (κ3) is 4.60. The van der Waals surface area contributed by atoms with Crippen molar-refractivity contribution >= 4 is 23.5 Å². The van der Waals surface area contributed by atoms with Gasteiger partial charge in [-0.2, -0.15) is 0 Å². The maximum Gasteiger partial charge on any atom is 0.255 e. The van der Waals surface area contributed by atoms with E-state index in [1.54, 1.807) is 0 Å². The van der Waals surface area contributed by atoms with Gasteiger partial charge in [0.05, 0.1) is 6.04 Å². The number of rotatable bonds is 6. The lowest BCUT2D eigenvalue weighted by molar-refractivity contribution is -0.124. The van der Waals surface area contributed by atoms with Gasteiger partial charge < -0.3 is 4.90 Å². The van der Waals surface area contributed by atoms with E-state index in [1.165, 1.54) is 31.4 Å². The van der Waals surface area contributed by atoms with Gasteiger partial charge >= 0.3 is 0 Å². The summed E-state index contributed by atoms with van der Waals surface area (Å²) in [4.78, 5) is 22.1. The predicted octanol–water partition coefficient (Wildman–Crippen LogP) is 4.90. The van der Waals surface area contributed by atoms with Crippen LogP contribution in [0.5, 0.6) is 0 Å². The standard InChI is InChI=1S/C23H33N3O/c1-4-25(5-2)21-14-11-18(12-15-21)17-19-13-16-22(26(6-3)23(19)27)24-20-9-7-8-10-20/h11-12,14-15,17,20H,4-10,13,16H2,1-3H3/b19-17-,24-22?. The first-order valence-corrected chi connectivity index (χ1v) is 10.6. The fourth-order valence-electron chi connectivity index (χ4n) is 4.19. The molecular formula is C23H33N3O. The van der Waals surface area contributed by atoms with Crippen molar-refractivity contribution in [1.82, 2.24) is 4.90 Å². The van der Waals surface area contributed by atoms with Crippen molar-refractivity contribution < 1.29 is 4.79 Å². The van der Waals surface area contributed by atoms with Crippen LogP contribution in [0.15, 0.2) is 34.8 Å². The van der Waals surface area contributed by atoms with E-state index in [-0.39, 0.29) is 5.91 Å². The van der Waals surface area contributed by atoms with Crippen LogP contribution in [-0.4, -0.2) is 42.3 Å². The minimum Gasteiger partial charge on any atom is -0.372 e. The topological polar surface area (TPSA) is 35.9 Å². The molecule has 4 nitrogen and oxygen atoms in total. The maximum atomic E-state index is 13.0. The highest BCUT2D eigenvalue weighted by Gasteiger charge is 2.28. The average Bonchev–Trinajstić information content (AvgIpc) is 3.19. The van der Waals surface area contributed by atoms with Gasteiger partial charge in [0.15, 0.2) is 0 Å². The molecule has 0 spiro atoms. The molecular weight excluding hydrogens is 334 g/mol. The lowest BCUT2D eigenvalue weighted by Gasteiger charge is -2.30. The van der Waals surface area contributed by atoms with Crippen molar-refractivity contribution in [2.24, 2.45) is 4.99 Å². The van der Waals surface area contributed by atoms with Crippen molar-refractivity contribution in [2.75, 3.05) is 24.5 Å².